The molecule has 1 aliphatic rings. The lowest BCUT2D eigenvalue weighted by molar-refractivity contribution is 0.112. The van der Waals surface area contributed by atoms with Crippen LogP contribution in [0.4, 0.5) is 0 Å². The van der Waals surface area contributed by atoms with E-state index in [1.54, 1.807) is 0 Å². The standard InChI is InChI=1S/C11H24N2O/c1-3-9-14-10-8-13(2)7-6-12-11-4-5-11/h11-12H,3-10H2,1-2H3. The van der Waals surface area contributed by atoms with Crippen molar-refractivity contribution in [2.75, 3.05) is 39.9 Å². The van der Waals surface area contributed by atoms with Gasteiger partial charge in [-0.1, -0.05) is 6.92 Å². The van der Waals surface area contributed by atoms with E-state index in [2.05, 4.69) is 24.2 Å². The van der Waals surface area contributed by atoms with Gasteiger partial charge in [-0.25, -0.2) is 0 Å². The number of rotatable bonds is 9. The largest absolute Gasteiger partial charge is 0.380 e. The summed E-state index contributed by atoms with van der Waals surface area (Å²) in [6.45, 7) is 7.21. The number of ether oxygens (including phenoxy) is 1. The van der Waals surface area contributed by atoms with Crippen molar-refractivity contribution in [2.24, 2.45) is 0 Å². The first-order valence-electron chi connectivity index (χ1n) is 5.82. The van der Waals surface area contributed by atoms with Gasteiger partial charge in [-0.3, -0.25) is 0 Å². The Morgan fingerprint density at radius 1 is 1.29 bits per heavy atom. The van der Waals surface area contributed by atoms with Gasteiger partial charge in [0.25, 0.3) is 0 Å². The van der Waals surface area contributed by atoms with E-state index < -0.39 is 0 Å². The van der Waals surface area contributed by atoms with E-state index in [-0.39, 0.29) is 0 Å². The van der Waals surface area contributed by atoms with Crippen LogP contribution in [0.25, 0.3) is 0 Å². The molecule has 0 heterocycles. The van der Waals surface area contributed by atoms with Crippen molar-refractivity contribution in [3.63, 3.8) is 0 Å². The highest BCUT2D eigenvalue weighted by Crippen LogP contribution is 2.17. The van der Waals surface area contributed by atoms with Crippen LogP contribution in [-0.2, 0) is 4.74 Å². The van der Waals surface area contributed by atoms with Crippen molar-refractivity contribution in [2.45, 2.75) is 32.2 Å². The summed E-state index contributed by atoms with van der Waals surface area (Å²) in [7, 11) is 2.16. The molecule has 0 unspecified atom stereocenters. The third-order valence-electron chi connectivity index (χ3n) is 2.47. The Kier molecular flexibility index (Phi) is 6.15. The fourth-order valence-corrected chi connectivity index (χ4v) is 1.33. The van der Waals surface area contributed by atoms with Crippen LogP contribution in [0, 0.1) is 0 Å². The lowest BCUT2D eigenvalue weighted by Gasteiger charge is -2.16. The minimum atomic E-state index is 0.833. The Morgan fingerprint density at radius 3 is 2.71 bits per heavy atom. The van der Waals surface area contributed by atoms with Crippen molar-refractivity contribution < 1.29 is 4.74 Å². The molecule has 1 fully saturated rings. The summed E-state index contributed by atoms with van der Waals surface area (Å²) >= 11 is 0. The Labute approximate surface area is 87.8 Å². The van der Waals surface area contributed by atoms with Crippen LogP contribution in [0.15, 0.2) is 0 Å². The second-order valence-electron chi connectivity index (χ2n) is 4.14. The van der Waals surface area contributed by atoms with Crippen LogP contribution >= 0.6 is 0 Å². The average Bonchev–Trinajstić information content (AvgIpc) is 2.96. The highest BCUT2D eigenvalue weighted by atomic mass is 16.5. The maximum absolute atomic E-state index is 5.43. The van der Waals surface area contributed by atoms with Crippen LogP contribution in [0.5, 0.6) is 0 Å². The average molecular weight is 200 g/mol. The van der Waals surface area contributed by atoms with E-state index in [9.17, 15) is 0 Å². The summed E-state index contributed by atoms with van der Waals surface area (Å²) in [5.41, 5.74) is 0. The molecule has 3 nitrogen and oxygen atoms in total. The molecule has 0 spiro atoms. The van der Waals surface area contributed by atoms with E-state index in [0.717, 1.165) is 45.3 Å². The number of nitrogens with one attached hydrogen (secondary N) is 1. The third-order valence-corrected chi connectivity index (χ3v) is 2.47. The predicted octanol–water partition coefficient (Wildman–Crippen LogP) is 1.10. The summed E-state index contributed by atoms with van der Waals surface area (Å²) in [5, 5.41) is 3.51. The topological polar surface area (TPSA) is 24.5 Å². The van der Waals surface area contributed by atoms with Gasteiger partial charge in [-0.2, -0.15) is 0 Å². The summed E-state index contributed by atoms with van der Waals surface area (Å²) in [6, 6.07) is 0.833. The molecule has 0 bridgehead atoms. The second kappa shape index (κ2) is 7.21. The number of nitrogens with zero attached hydrogens (tertiary/aromatic N) is 1. The van der Waals surface area contributed by atoms with E-state index in [1.165, 1.54) is 12.8 Å². The van der Waals surface area contributed by atoms with E-state index in [0.29, 0.717) is 0 Å². The molecule has 1 rings (SSSR count). The van der Waals surface area contributed by atoms with E-state index in [1.807, 2.05) is 0 Å². The van der Waals surface area contributed by atoms with E-state index in [4.69, 9.17) is 4.74 Å². The molecule has 1 aliphatic carbocycles. The Morgan fingerprint density at radius 2 is 2.07 bits per heavy atom. The van der Waals surface area contributed by atoms with Gasteiger partial charge in [-0.05, 0) is 26.3 Å². The summed E-state index contributed by atoms with van der Waals surface area (Å²) in [4.78, 5) is 2.32. The van der Waals surface area contributed by atoms with Crippen LogP contribution in [0.3, 0.4) is 0 Å². The highest BCUT2D eigenvalue weighted by Gasteiger charge is 2.19. The zero-order chi connectivity index (χ0) is 10.2. The van der Waals surface area contributed by atoms with Crippen LogP contribution in [-0.4, -0.2) is 50.8 Å². The van der Waals surface area contributed by atoms with Crippen molar-refractivity contribution in [1.82, 2.24) is 10.2 Å². The van der Waals surface area contributed by atoms with Gasteiger partial charge in [-0.15, -0.1) is 0 Å². The lowest BCUT2D eigenvalue weighted by Crippen LogP contribution is -2.32. The second-order valence-corrected chi connectivity index (χ2v) is 4.14. The molecule has 1 saturated carbocycles. The monoisotopic (exact) mass is 200 g/mol. The highest BCUT2D eigenvalue weighted by molar-refractivity contribution is 4.80. The third kappa shape index (κ3) is 6.35. The molecule has 0 aromatic carbocycles. The fraction of sp³-hybridized carbons (Fsp3) is 1.00. The minimum Gasteiger partial charge on any atom is -0.380 e. The Balaban J connectivity index is 1.79. The van der Waals surface area contributed by atoms with Gasteiger partial charge in [0, 0.05) is 32.3 Å². The van der Waals surface area contributed by atoms with Gasteiger partial charge in [0.2, 0.25) is 0 Å². The molecule has 0 aliphatic heterocycles. The molecule has 84 valence electrons. The molecule has 14 heavy (non-hydrogen) atoms. The SMILES string of the molecule is CCCOCCN(C)CCNC1CC1. The quantitative estimate of drug-likeness (QED) is 0.564. The summed E-state index contributed by atoms with van der Waals surface area (Å²) < 4.78 is 5.43. The molecule has 0 atom stereocenters. The first-order chi connectivity index (χ1) is 6.83. The summed E-state index contributed by atoms with van der Waals surface area (Å²) in [5.74, 6) is 0. The number of likely N-dealkylation sites (N-methyl/N-ethyl adjacent to an activating group) is 1. The Hall–Kier alpha value is -0.120. The van der Waals surface area contributed by atoms with Crippen molar-refractivity contribution >= 4 is 0 Å². The maximum atomic E-state index is 5.43. The van der Waals surface area contributed by atoms with Crippen molar-refractivity contribution in [3.05, 3.63) is 0 Å². The molecule has 0 aromatic heterocycles. The van der Waals surface area contributed by atoms with Gasteiger partial charge < -0.3 is 15.0 Å². The number of hydrogen-bond acceptors (Lipinski definition) is 3. The zero-order valence-electron chi connectivity index (χ0n) is 9.59. The first kappa shape index (κ1) is 12.0. The van der Waals surface area contributed by atoms with E-state index >= 15 is 0 Å². The number of hydrogen-bond donors (Lipinski definition) is 1. The van der Waals surface area contributed by atoms with Crippen LogP contribution in [0.1, 0.15) is 26.2 Å². The molecule has 0 aromatic rings. The molecule has 0 radical (unpaired) electrons. The molecule has 1 N–H and O–H groups in total. The zero-order valence-corrected chi connectivity index (χ0v) is 9.59. The molecule has 0 saturated heterocycles. The first-order valence-corrected chi connectivity index (χ1v) is 5.82. The molecular weight excluding hydrogens is 176 g/mol. The fourth-order valence-electron chi connectivity index (χ4n) is 1.33. The van der Waals surface area contributed by atoms with Crippen molar-refractivity contribution in [3.8, 4) is 0 Å². The minimum absolute atomic E-state index is 0.833. The lowest BCUT2D eigenvalue weighted by atomic mass is 10.5. The van der Waals surface area contributed by atoms with Gasteiger partial charge in [0.05, 0.1) is 6.61 Å². The van der Waals surface area contributed by atoms with Gasteiger partial charge in [0.1, 0.15) is 0 Å². The van der Waals surface area contributed by atoms with Crippen LogP contribution in [0.2, 0.25) is 0 Å². The molecule has 0 amide bonds. The van der Waals surface area contributed by atoms with Gasteiger partial charge in [0.15, 0.2) is 0 Å². The molecular formula is C11H24N2O. The predicted molar refractivity (Wildman–Crippen MR) is 59.6 cm³/mol. The normalized spacial score (nSPS) is 16.5. The van der Waals surface area contributed by atoms with Gasteiger partial charge >= 0.3 is 0 Å². The smallest absolute Gasteiger partial charge is 0.0593 e. The summed E-state index contributed by atoms with van der Waals surface area (Å²) in [6.07, 6.45) is 3.87. The van der Waals surface area contributed by atoms with Crippen molar-refractivity contribution in [1.29, 1.82) is 0 Å². The maximum Gasteiger partial charge on any atom is 0.0593 e. The van der Waals surface area contributed by atoms with Crippen LogP contribution < -0.4 is 5.32 Å². The molecule has 3 heteroatoms. The Bertz CT molecular complexity index is 137.